The minimum Gasteiger partial charge on any atom is -0.481 e. The van der Waals surface area contributed by atoms with E-state index in [1.165, 1.54) is 21.9 Å². The molecule has 1 aromatic carbocycles. The van der Waals surface area contributed by atoms with E-state index < -0.39 is 17.6 Å². The van der Waals surface area contributed by atoms with Gasteiger partial charge in [-0.1, -0.05) is 12.1 Å². The molecule has 2 aliphatic rings. The predicted octanol–water partition coefficient (Wildman–Crippen LogP) is -0.266. The van der Waals surface area contributed by atoms with Gasteiger partial charge >= 0.3 is 11.8 Å². The molecule has 1 aromatic rings. The van der Waals surface area contributed by atoms with Crippen LogP contribution in [0.25, 0.3) is 0 Å². The van der Waals surface area contributed by atoms with E-state index in [2.05, 4.69) is 0 Å². The SMILES string of the molecule is O=C(COc1ccccc1F)N1CCN(C(=O)C(=O)N2CCOCC2)CC1. The van der Waals surface area contributed by atoms with Gasteiger partial charge in [-0.25, -0.2) is 4.39 Å². The lowest BCUT2D eigenvalue weighted by atomic mass is 10.2. The number of carbonyl (C=O) groups is 3. The van der Waals surface area contributed by atoms with E-state index >= 15 is 0 Å². The highest BCUT2D eigenvalue weighted by atomic mass is 19.1. The van der Waals surface area contributed by atoms with Crippen LogP contribution in [0.4, 0.5) is 4.39 Å². The quantitative estimate of drug-likeness (QED) is 0.676. The number of amides is 3. The molecular formula is C18H22FN3O5. The molecule has 0 aliphatic carbocycles. The summed E-state index contributed by atoms with van der Waals surface area (Å²) >= 11 is 0. The molecular weight excluding hydrogens is 357 g/mol. The van der Waals surface area contributed by atoms with Gasteiger partial charge < -0.3 is 24.2 Å². The minimum atomic E-state index is -0.549. The van der Waals surface area contributed by atoms with Gasteiger partial charge in [0.1, 0.15) is 0 Å². The molecule has 3 amide bonds. The molecule has 0 aromatic heterocycles. The number of piperazine rings is 1. The zero-order valence-corrected chi connectivity index (χ0v) is 14.9. The van der Waals surface area contributed by atoms with Crippen LogP contribution in [-0.2, 0) is 19.1 Å². The zero-order valence-electron chi connectivity index (χ0n) is 14.9. The Morgan fingerprint density at radius 1 is 0.889 bits per heavy atom. The Kier molecular flexibility index (Phi) is 6.23. The van der Waals surface area contributed by atoms with Crippen LogP contribution < -0.4 is 4.74 Å². The van der Waals surface area contributed by atoms with Crippen molar-refractivity contribution < 1.29 is 28.2 Å². The van der Waals surface area contributed by atoms with E-state index in [4.69, 9.17) is 9.47 Å². The summed E-state index contributed by atoms with van der Waals surface area (Å²) in [5.41, 5.74) is 0. The number of ether oxygens (including phenoxy) is 2. The van der Waals surface area contributed by atoms with Crippen molar-refractivity contribution in [1.82, 2.24) is 14.7 Å². The Labute approximate surface area is 156 Å². The number of rotatable bonds is 3. The summed E-state index contributed by atoms with van der Waals surface area (Å²) in [6, 6.07) is 5.88. The summed E-state index contributed by atoms with van der Waals surface area (Å²) < 4.78 is 23.9. The maximum absolute atomic E-state index is 13.5. The van der Waals surface area contributed by atoms with Gasteiger partial charge in [0.15, 0.2) is 18.2 Å². The van der Waals surface area contributed by atoms with Crippen LogP contribution in [0.2, 0.25) is 0 Å². The molecule has 2 fully saturated rings. The molecule has 0 saturated carbocycles. The van der Waals surface area contributed by atoms with Gasteiger partial charge in [-0.2, -0.15) is 0 Å². The number of halogens is 1. The second kappa shape index (κ2) is 8.81. The fourth-order valence-corrected chi connectivity index (χ4v) is 2.99. The van der Waals surface area contributed by atoms with Crippen LogP contribution in [0.1, 0.15) is 0 Å². The van der Waals surface area contributed by atoms with Gasteiger partial charge in [0.25, 0.3) is 5.91 Å². The van der Waals surface area contributed by atoms with Crippen molar-refractivity contribution in [2.45, 2.75) is 0 Å². The first-order valence-electron chi connectivity index (χ1n) is 8.87. The van der Waals surface area contributed by atoms with Gasteiger partial charge in [-0.3, -0.25) is 14.4 Å². The summed E-state index contributed by atoms with van der Waals surface area (Å²) in [4.78, 5) is 41.3. The second-order valence-corrected chi connectivity index (χ2v) is 6.30. The summed E-state index contributed by atoms with van der Waals surface area (Å²) in [5.74, 6) is -1.87. The molecule has 2 aliphatic heterocycles. The molecule has 3 rings (SSSR count). The lowest BCUT2D eigenvalue weighted by molar-refractivity contribution is -0.155. The normalized spacial score (nSPS) is 17.6. The maximum atomic E-state index is 13.5. The number of hydrogen-bond acceptors (Lipinski definition) is 5. The number of benzene rings is 1. The maximum Gasteiger partial charge on any atom is 0.312 e. The molecule has 0 atom stereocenters. The number of nitrogens with zero attached hydrogens (tertiary/aromatic N) is 3. The van der Waals surface area contributed by atoms with Crippen LogP contribution in [0.5, 0.6) is 5.75 Å². The standard InChI is InChI=1S/C18H22FN3O5/c19-14-3-1-2-4-15(14)27-13-16(23)20-5-7-21(8-6-20)17(24)18(25)22-9-11-26-12-10-22/h1-4H,5-13H2. The van der Waals surface area contributed by atoms with Crippen molar-refractivity contribution in [3.05, 3.63) is 30.1 Å². The molecule has 2 saturated heterocycles. The lowest BCUT2D eigenvalue weighted by Gasteiger charge is -2.35. The van der Waals surface area contributed by atoms with Crippen LogP contribution in [0.3, 0.4) is 0 Å². The van der Waals surface area contributed by atoms with Crippen molar-refractivity contribution in [3.8, 4) is 5.75 Å². The molecule has 27 heavy (non-hydrogen) atoms. The molecule has 0 radical (unpaired) electrons. The fraction of sp³-hybridized carbons (Fsp3) is 0.500. The summed E-state index contributed by atoms with van der Waals surface area (Å²) in [7, 11) is 0. The Bertz CT molecular complexity index is 700. The highest BCUT2D eigenvalue weighted by molar-refractivity contribution is 6.34. The van der Waals surface area contributed by atoms with E-state index in [1.807, 2.05) is 0 Å². The smallest absolute Gasteiger partial charge is 0.312 e. The van der Waals surface area contributed by atoms with Gasteiger partial charge in [-0.15, -0.1) is 0 Å². The van der Waals surface area contributed by atoms with E-state index in [0.717, 1.165) is 0 Å². The van der Waals surface area contributed by atoms with Crippen molar-refractivity contribution in [2.75, 3.05) is 59.1 Å². The zero-order chi connectivity index (χ0) is 19.2. The molecule has 0 unspecified atom stereocenters. The highest BCUT2D eigenvalue weighted by Gasteiger charge is 2.31. The van der Waals surface area contributed by atoms with Gasteiger partial charge in [0.05, 0.1) is 13.2 Å². The second-order valence-electron chi connectivity index (χ2n) is 6.30. The third-order valence-electron chi connectivity index (χ3n) is 4.59. The average molecular weight is 379 g/mol. The first-order chi connectivity index (χ1) is 13.1. The largest absolute Gasteiger partial charge is 0.481 e. The van der Waals surface area contributed by atoms with Crippen LogP contribution in [-0.4, -0.2) is 91.5 Å². The first-order valence-corrected chi connectivity index (χ1v) is 8.87. The Morgan fingerprint density at radius 2 is 1.44 bits per heavy atom. The highest BCUT2D eigenvalue weighted by Crippen LogP contribution is 2.15. The number of carbonyl (C=O) groups excluding carboxylic acids is 3. The van der Waals surface area contributed by atoms with Gasteiger partial charge in [0.2, 0.25) is 0 Å². The number of morpholine rings is 1. The van der Waals surface area contributed by atoms with Crippen molar-refractivity contribution >= 4 is 17.7 Å². The average Bonchev–Trinajstić information content (AvgIpc) is 2.72. The van der Waals surface area contributed by atoms with E-state index in [1.54, 1.807) is 17.0 Å². The van der Waals surface area contributed by atoms with E-state index in [-0.39, 0.29) is 31.4 Å². The Morgan fingerprint density at radius 3 is 2.07 bits per heavy atom. The Hall–Kier alpha value is -2.68. The fourth-order valence-electron chi connectivity index (χ4n) is 2.99. The predicted molar refractivity (Wildman–Crippen MR) is 92.5 cm³/mol. The van der Waals surface area contributed by atoms with Gasteiger partial charge in [-0.05, 0) is 12.1 Å². The summed E-state index contributed by atoms with van der Waals surface area (Å²) in [6.45, 7) is 2.59. The third-order valence-corrected chi connectivity index (χ3v) is 4.59. The number of hydrogen-bond donors (Lipinski definition) is 0. The number of para-hydroxylation sites is 1. The monoisotopic (exact) mass is 379 g/mol. The first kappa shape index (κ1) is 19.1. The van der Waals surface area contributed by atoms with Crippen molar-refractivity contribution in [3.63, 3.8) is 0 Å². The molecule has 0 spiro atoms. The molecule has 8 nitrogen and oxygen atoms in total. The summed E-state index contributed by atoms with van der Waals surface area (Å²) in [5, 5.41) is 0. The van der Waals surface area contributed by atoms with Crippen LogP contribution in [0.15, 0.2) is 24.3 Å². The molecule has 0 N–H and O–H groups in total. The van der Waals surface area contributed by atoms with E-state index in [0.29, 0.717) is 39.4 Å². The van der Waals surface area contributed by atoms with E-state index in [9.17, 15) is 18.8 Å². The van der Waals surface area contributed by atoms with Crippen molar-refractivity contribution in [1.29, 1.82) is 0 Å². The minimum absolute atomic E-state index is 0.0239. The van der Waals surface area contributed by atoms with Crippen LogP contribution in [0, 0.1) is 5.82 Å². The lowest BCUT2D eigenvalue weighted by Crippen LogP contribution is -2.56. The van der Waals surface area contributed by atoms with Gasteiger partial charge in [0, 0.05) is 39.3 Å². The molecule has 2 heterocycles. The molecule has 146 valence electrons. The third kappa shape index (κ3) is 4.73. The molecule has 0 bridgehead atoms. The van der Waals surface area contributed by atoms with Crippen LogP contribution >= 0.6 is 0 Å². The topological polar surface area (TPSA) is 79.4 Å². The Balaban J connectivity index is 1.45. The molecule has 9 heteroatoms. The summed E-state index contributed by atoms with van der Waals surface area (Å²) in [6.07, 6.45) is 0. The van der Waals surface area contributed by atoms with Crippen molar-refractivity contribution in [2.24, 2.45) is 0 Å².